The number of nitrogen functional groups attached to an aromatic ring is 1. The molecule has 18 heavy (non-hydrogen) atoms. The topological polar surface area (TPSA) is 130 Å². The molecule has 0 radical (unpaired) electrons. The van der Waals surface area contributed by atoms with Crippen molar-refractivity contribution in [3.05, 3.63) is 16.4 Å². The molecule has 4 N–H and O–H groups in total. The molecule has 1 aromatic heterocycles. The van der Waals surface area contributed by atoms with Crippen molar-refractivity contribution in [3.63, 3.8) is 0 Å². The van der Waals surface area contributed by atoms with Crippen LogP contribution in [0.5, 0.6) is 0 Å². The van der Waals surface area contributed by atoms with Gasteiger partial charge in [-0.25, -0.2) is 15.8 Å². The van der Waals surface area contributed by atoms with Crippen LogP contribution in [0.25, 0.3) is 0 Å². The van der Waals surface area contributed by atoms with Crippen molar-refractivity contribution in [2.75, 3.05) is 24.0 Å². The van der Waals surface area contributed by atoms with E-state index >= 15 is 0 Å². The van der Waals surface area contributed by atoms with E-state index in [9.17, 15) is 15.2 Å². The van der Waals surface area contributed by atoms with Crippen molar-refractivity contribution in [3.8, 4) is 0 Å². The Kier molecular flexibility index (Phi) is 3.99. The third-order valence-electron chi connectivity index (χ3n) is 2.73. The van der Waals surface area contributed by atoms with Crippen LogP contribution >= 0.6 is 0 Å². The third kappa shape index (κ3) is 2.46. The molecule has 9 nitrogen and oxygen atoms in total. The van der Waals surface area contributed by atoms with E-state index in [1.807, 2.05) is 0 Å². The Bertz CT molecular complexity index is 450. The number of nitrogens with one attached hydrogen (secondary N) is 1. The molecule has 1 rings (SSSR count). The molecular formula is C9H16N6O3. The average molecular weight is 256 g/mol. The van der Waals surface area contributed by atoms with Crippen molar-refractivity contribution in [1.29, 1.82) is 0 Å². The van der Waals surface area contributed by atoms with Gasteiger partial charge in [0.1, 0.15) is 6.33 Å². The lowest BCUT2D eigenvalue weighted by Gasteiger charge is -2.34. The molecule has 0 aliphatic heterocycles. The van der Waals surface area contributed by atoms with Crippen LogP contribution in [0, 0.1) is 10.1 Å². The number of rotatable bonds is 5. The van der Waals surface area contributed by atoms with Gasteiger partial charge in [-0.15, -0.1) is 0 Å². The number of likely N-dealkylation sites (N-methyl/N-ethyl adjacent to an activating group) is 1. The molecule has 0 saturated carbocycles. The highest BCUT2D eigenvalue weighted by atomic mass is 16.6. The van der Waals surface area contributed by atoms with E-state index < -0.39 is 10.5 Å². The molecule has 1 heterocycles. The molecular weight excluding hydrogens is 240 g/mol. The number of aromatic nitrogens is 2. The van der Waals surface area contributed by atoms with Gasteiger partial charge in [0.15, 0.2) is 0 Å². The number of nitrogens with two attached hydrogens (primary N) is 1. The quantitative estimate of drug-likeness (QED) is 0.377. The summed E-state index contributed by atoms with van der Waals surface area (Å²) in [7, 11) is 1.60. The maximum absolute atomic E-state index is 11.1. The molecule has 1 aromatic rings. The van der Waals surface area contributed by atoms with Crippen LogP contribution in [-0.4, -0.2) is 39.2 Å². The van der Waals surface area contributed by atoms with E-state index in [0.29, 0.717) is 0 Å². The van der Waals surface area contributed by atoms with Crippen LogP contribution in [0.3, 0.4) is 0 Å². The largest absolute Gasteiger partial charge is 0.394 e. The lowest BCUT2D eigenvalue weighted by atomic mass is 10.1. The summed E-state index contributed by atoms with van der Waals surface area (Å²) in [4.78, 5) is 19.5. The Hall–Kier alpha value is -2.00. The molecule has 0 fully saturated rings. The first-order chi connectivity index (χ1) is 8.35. The second-order valence-electron chi connectivity index (χ2n) is 4.33. The van der Waals surface area contributed by atoms with Crippen LogP contribution in [0.2, 0.25) is 0 Å². The summed E-state index contributed by atoms with van der Waals surface area (Å²) < 4.78 is 0. The van der Waals surface area contributed by atoms with Gasteiger partial charge in [0.25, 0.3) is 0 Å². The average Bonchev–Trinajstić information content (AvgIpc) is 2.36. The molecule has 100 valence electrons. The van der Waals surface area contributed by atoms with Gasteiger partial charge in [0.2, 0.25) is 11.6 Å². The highest BCUT2D eigenvalue weighted by molar-refractivity contribution is 5.70. The van der Waals surface area contributed by atoms with Gasteiger partial charge in [-0.05, 0) is 13.8 Å². The first-order valence-corrected chi connectivity index (χ1v) is 5.16. The summed E-state index contributed by atoms with van der Waals surface area (Å²) in [5.41, 5.74) is 1.13. The number of nitrogens with zero attached hydrogens (tertiary/aromatic N) is 4. The van der Waals surface area contributed by atoms with Gasteiger partial charge >= 0.3 is 5.69 Å². The van der Waals surface area contributed by atoms with E-state index in [2.05, 4.69) is 15.4 Å². The number of hydrogen-bond donors (Lipinski definition) is 3. The van der Waals surface area contributed by atoms with Crippen molar-refractivity contribution >= 4 is 17.3 Å². The summed E-state index contributed by atoms with van der Waals surface area (Å²) >= 11 is 0. The zero-order valence-electron chi connectivity index (χ0n) is 10.4. The number of hydrogen-bond acceptors (Lipinski definition) is 8. The van der Waals surface area contributed by atoms with Gasteiger partial charge < -0.3 is 15.4 Å². The lowest BCUT2D eigenvalue weighted by molar-refractivity contribution is -0.383. The van der Waals surface area contributed by atoms with Gasteiger partial charge in [-0.2, -0.15) is 0 Å². The summed E-state index contributed by atoms with van der Waals surface area (Å²) in [5, 5.41) is 20.3. The molecule has 0 saturated heterocycles. The highest BCUT2D eigenvalue weighted by Crippen LogP contribution is 2.33. The second kappa shape index (κ2) is 5.10. The Morgan fingerprint density at radius 3 is 2.67 bits per heavy atom. The fourth-order valence-electron chi connectivity index (χ4n) is 1.28. The molecule has 0 atom stereocenters. The monoisotopic (exact) mass is 256 g/mol. The number of nitro groups is 1. The predicted molar refractivity (Wildman–Crippen MR) is 66.1 cm³/mol. The van der Waals surface area contributed by atoms with E-state index in [1.54, 1.807) is 20.9 Å². The minimum absolute atomic E-state index is 0.0782. The first kappa shape index (κ1) is 14.1. The molecule has 0 amide bonds. The SMILES string of the molecule is CN(c1ncnc(NN)c1[N+](=O)[O-])C(C)(C)CO. The summed E-state index contributed by atoms with van der Waals surface area (Å²) in [6.45, 7) is 3.28. The van der Waals surface area contributed by atoms with Crippen molar-refractivity contribution in [1.82, 2.24) is 9.97 Å². The molecule has 9 heteroatoms. The minimum atomic E-state index is -0.703. The van der Waals surface area contributed by atoms with Crippen molar-refractivity contribution < 1.29 is 10.0 Å². The van der Waals surface area contributed by atoms with Crippen LogP contribution in [0.15, 0.2) is 6.33 Å². The van der Waals surface area contributed by atoms with Gasteiger partial charge in [0, 0.05) is 7.05 Å². The maximum Gasteiger partial charge on any atom is 0.354 e. The van der Waals surface area contributed by atoms with E-state index in [1.165, 1.54) is 11.2 Å². The van der Waals surface area contributed by atoms with E-state index in [4.69, 9.17) is 5.84 Å². The fourth-order valence-corrected chi connectivity index (χ4v) is 1.28. The normalized spacial score (nSPS) is 11.2. The van der Waals surface area contributed by atoms with Crippen LogP contribution in [0.4, 0.5) is 17.3 Å². The van der Waals surface area contributed by atoms with E-state index in [0.717, 1.165) is 0 Å². The summed E-state index contributed by atoms with van der Waals surface area (Å²) in [6, 6.07) is 0. The molecule has 0 spiro atoms. The molecule has 0 bridgehead atoms. The van der Waals surface area contributed by atoms with Crippen LogP contribution < -0.4 is 16.2 Å². The molecule has 0 aromatic carbocycles. The Balaban J connectivity index is 3.36. The second-order valence-corrected chi connectivity index (χ2v) is 4.33. The summed E-state index contributed by atoms with van der Waals surface area (Å²) in [5.74, 6) is 5.19. The third-order valence-corrected chi connectivity index (χ3v) is 2.73. The van der Waals surface area contributed by atoms with Gasteiger partial charge in [-0.1, -0.05) is 0 Å². The summed E-state index contributed by atoms with van der Waals surface area (Å²) in [6.07, 6.45) is 1.17. The van der Waals surface area contributed by atoms with Crippen LogP contribution in [-0.2, 0) is 0 Å². The van der Waals surface area contributed by atoms with Crippen LogP contribution in [0.1, 0.15) is 13.8 Å². The Morgan fingerprint density at radius 1 is 1.61 bits per heavy atom. The van der Waals surface area contributed by atoms with Crippen molar-refractivity contribution in [2.45, 2.75) is 19.4 Å². The molecule has 0 aliphatic rings. The number of anilines is 2. The van der Waals surface area contributed by atoms with Crippen molar-refractivity contribution in [2.24, 2.45) is 5.84 Å². The molecule has 0 unspecified atom stereocenters. The Morgan fingerprint density at radius 2 is 2.22 bits per heavy atom. The predicted octanol–water partition coefficient (Wildman–Crippen LogP) is -0.122. The van der Waals surface area contributed by atoms with Gasteiger partial charge in [0.05, 0.1) is 17.1 Å². The van der Waals surface area contributed by atoms with E-state index in [-0.39, 0.29) is 23.9 Å². The number of hydrazine groups is 1. The Labute approximate surface area is 104 Å². The standard InChI is InChI=1S/C9H16N6O3/c1-9(2,4-16)14(3)8-6(15(17)18)7(13-10)11-5-12-8/h5,16H,4,10H2,1-3H3,(H,11,12,13). The smallest absolute Gasteiger partial charge is 0.354 e. The number of aliphatic hydroxyl groups is 1. The lowest BCUT2D eigenvalue weighted by Crippen LogP contribution is -2.45. The maximum atomic E-state index is 11.1. The zero-order chi connectivity index (χ0) is 13.9. The number of aliphatic hydroxyl groups excluding tert-OH is 1. The van der Waals surface area contributed by atoms with Gasteiger partial charge in [-0.3, -0.25) is 10.1 Å². The molecule has 0 aliphatic carbocycles. The zero-order valence-corrected chi connectivity index (χ0v) is 10.4. The minimum Gasteiger partial charge on any atom is -0.394 e. The first-order valence-electron chi connectivity index (χ1n) is 5.16. The fraction of sp³-hybridized carbons (Fsp3) is 0.556. The highest BCUT2D eigenvalue weighted by Gasteiger charge is 2.32.